The standard InChI is InChI=1S/C29H46N2O4S2/c1-2-3-4-5-6-7-8-9-10-11-12-13-14-15-16-17-18-20-27(32)30-23-25-36-37-26-24-31-28(33)21-19-22-29(34)35/h3-4,6-7,9-10,12-13,15-16H,2,5,8,11,14,17-26H2,1H3,(H,30,32)(H,31,33)(H,34,35). The second-order valence-corrected chi connectivity index (χ2v) is 10.9. The van der Waals surface area contributed by atoms with Crippen LogP contribution in [-0.4, -0.2) is 47.5 Å². The van der Waals surface area contributed by atoms with Gasteiger partial charge in [-0.25, -0.2) is 0 Å². The van der Waals surface area contributed by atoms with Gasteiger partial charge in [0.1, 0.15) is 0 Å². The molecular formula is C29H46N2O4S2. The first kappa shape index (κ1) is 34.8. The number of rotatable bonds is 24. The highest BCUT2D eigenvalue weighted by molar-refractivity contribution is 8.76. The van der Waals surface area contributed by atoms with Crippen molar-refractivity contribution in [2.24, 2.45) is 0 Å². The molecule has 0 bridgehead atoms. The molecule has 0 aliphatic carbocycles. The minimum Gasteiger partial charge on any atom is -0.481 e. The summed E-state index contributed by atoms with van der Waals surface area (Å²) in [5, 5.41) is 14.3. The first-order chi connectivity index (χ1) is 18.1. The molecule has 0 heterocycles. The fourth-order valence-corrected chi connectivity index (χ4v) is 4.72. The molecule has 0 atom stereocenters. The second kappa shape index (κ2) is 28.4. The molecule has 208 valence electrons. The zero-order valence-electron chi connectivity index (χ0n) is 22.4. The van der Waals surface area contributed by atoms with E-state index in [4.69, 9.17) is 5.11 Å². The third-order valence-electron chi connectivity index (χ3n) is 4.83. The van der Waals surface area contributed by atoms with Gasteiger partial charge in [0.05, 0.1) is 0 Å². The molecule has 6 nitrogen and oxygen atoms in total. The lowest BCUT2D eigenvalue weighted by atomic mass is 10.2. The number of unbranched alkanes of at least 4 members (excludes halogenated alkanes) is 1. The van der Waals surface area contributed by atoms with Crippen molar-refractivity contribution in [2.45, 2.75) is 77.6 Å². The molecule has 0 unspecified atom stereocenters. The summed E-state index contributed by atoms with van der Waals surface area (Å²) < 4.78 is 0. The molecule has 37 heavy (non-hydrogen) atoms. The molecule has 0 aliphatic heterocycles. The fraction of sp³-hybridized carbons (Fsp3) is 0.552. The number of hydrogen-bond donors (Lipinski definition) is 3. The van der Waals surface area contributed by atoms with Crippen molar-refractivity contribution >= 4 is 39.4 Å². The van der Waals surface area contributed by atoms with Crippen LogP contribution in [0.3, 0.4) is 0 Å². The van der Waals surface area contributed by atoms with Gasteiger partial charge in [0.25, 0.3) is 0 Å². The molecule has 0 radical (unpaired) electrons. The highest BCUT2D eigenvalue weighted by Gasteiger charge is 2.03. The summed E-state index contributed by atoms with van der Waals surface area (Å²) in [6, 6.07) is 0. The van der Waals surface area contributed by atoms with Crippen molar-refractivity contribution < 1.29 is 19.5 Å². The Morgan fingerprint density at radius 2 is 1.05 bits per heavy atom. The molecule has 0 saturated carbocycles. The van der Waals surface area contributed by atoms with E-state index in [1.54, 1.807) is 21.6 Å². The van der Waals surface area contributed by atoms with Gasteiger partial charge in [0, 0.05) is 43.9 Å². The average molecular weight is 551 g/mol. The van der Waals surface area contributed by atoms with Gasteiger partial charge in [-0.2, -0.15) is 0 Å². The Hall–Kier alpha value is -2.19. The Morgan fingerprint density at radius 3 is 1.51 bits per heavy atom. The summed E-state index contributed by atoms with van der Waals surface area (Å²) in [6.07, 6.45) is 29.7. The Morgan fingerprint density at radius 1 is 0.622 bits per heavy atom. The summed E-state index contributed by atoms with van der Waals surface area (Å²) in [5.41, 5.74) is 0. The van der Waals surface area contributed by atoms with E-state index in [1.165, 1.54) is 0 Å². The summed E-state index contributed by atoms with van der Waals surface area (Å²) in [6.45, 7) is 3.34. The maximum atomic E-state index is 11.9. The van der Waals surface area contributed by atoms with Crippen LogP contribution in [0.25, 0.3) is 0 Å². The van der Waals surface area contributed by atoms with Crippen molar-refractivity contribution in [1.29, 1.82) is 0 Å². The summed E-state index contributed by atoms with van der Waals surface area (Å²) in [5.74, 6) is 0.696. The zero-order valence-corrected chi connectivity index (χ0v) is 24.0. The number of hydrogen-bond acceptors (Lipinski definition) is 5. The predicted octanol–water partition coefficient (Wildman–Crippen LogP) is 6.78. The largest absolute Gasteiger partial charge is 0.481 e. The molecule has 0 aromatic rings. The van der Waals surface area contributed by atoms with Crippen molar-refractivity contribution in [1.82, 2.24) is 10.6 Å². The first-order valence-electron chi connectivity index (χ1n) is 13.3. The summed E-state index contributed by atoms with van der Waals surface area (Å²) in [4.78, 5) is 33.8. The third-order valence-corrected chi connectivity index (χ3v) is 7.23. The van der Waals surface area contributed by atoms with E-state index < -0.39 is 5.97 Å². The molecule has 0 saturated heterocycles. The molecule has 0 spiro atoms. The number of carboxylic acid groups (broad SMARTS) is 1. The summed E-state index contributed by atoms with van der Waals surface area (Å²) >= 11 is 0. The van der Waals surface area contributed by atoms with Crippen LogP contribution < -0.4 is 10.6 Å². The van der Waals surface area contributed by atoms with Gasteiger partial charge < -0.3 is 15.7 Å². The molecule has 0 rings (SSSR count). The number of aliphatic carboxylic acids is 1. The predicted molar refractivity (Wildman–Crippen MR) is 161 cm³/mol. The lowest BCUT2D eigenvalue weighted by Crippen LogP contribution is -2.26. The molecule has 3 N–H and O–H groups in total. The lowest BCUT2D eigenvalue weighted by molar-refractivity contribution is -0.137. The number of amides is 2. The van der Waals surface area contributed by atoms with Crippen molar-refractivity contribution in [3.8, 4) is 0 Å². The zero-order chi connectivity index (χ0) is 27.2. The van der Waals surface area contributed by atoms with Gasteiger partial charge in [-0.1, -0.05) is 89.3 Å². The van der Waals surface area contributed by atoms with E-state index in [0.717, 1.165) is 56.5 Å². The fourth-order valence-electron chi connectivity index (χ4n) is 2.91. The molecule has 0 aromatic heterocycles. The highest BCUT2D eigenvalue weighted by Crippen LogP contribution is 2.19. The van der Waals surface area contributed by atoms with Gasteiger partial charge in [0.15, 0.2) is 0 Å². The molecule has 8 heteroatoms. The maximum Gasteiger partial charge on any atom is 0.303 e. The number of carboxylic acids is 1. The van der Waals surface area contributed by atoms with Gasteiger partial charge in [-0.15, -0.1) is 0 Å². The first-order valence-corrected chi connectivity index (χ1v) is 15.8. The van der Waals surface area contributed by atoms with Crippen LogP contribution in [0, 0.1) is 0 Å². The molecule has 0 fully saturated rings. The molecule has 0 aromatic carbocycles. The quantitative estimate of drug-likeness (QED) is 0.0697. The van der Waals surface area contributed by atoms with Gasteiger partial charge in [0.2, 0.25) is 11.8 Å². The van der Waals surface area contributed by atoms with E-state index in [-0.39, 0.29) is 24.7 Å². The second-order valence-electron chi connectivity index (χ2n) is 8.19. The smallest absolute Gasteiger partial charge is 0.303 e. The van der Waals surface area contributed by atoms with Gasteiger partial charge >= 0.3 is 5.97 Å². The van der Waals surface area contributed by atoms with E-state index in [1.807, 2.05) is 0 Å². The highest BCUT2D eigenvalue weighted by atomic mass is 33.1. The van der Waals surface area contributed by atoms with Crippen molar-refractivity contribution in [3.63, 3.8) is 0 Å². The Bertz CT molecular complexity index is 746. The lowest BCUT2D eigenvalue weighted by Gasteiger charge is -2.06. The van der Waals surface area contributed by atoms with Crippen LogP contribution in [0.15, 0.2) is 60.8 Å². The Labute approximate surface area is 232 Å². The van der Waals surface area contributed by atoms with E-state index in [2.05, 4.69) is 78.3 Å². The number of carbonyl (C=O) groups is 3. The molecular weight excluding hydrogens is 504 g/mol. The Balaban J connectivity index is 3.48. The van der Waals surface area contributed by atoms with Crippen LogP contribution in [0.1, 0.15) is 77.6 Å². The van der Waals surface area contributed by atoms with Crippen molar-refractivity contribution in [3.05, 3.63) is 60.8 Å². The van der Waals surface area contributed by atoms with E-state index in [9.17, 15) is 14.4 Å². The SMILES string of the molecule is CCC=CCC=CCC=CCC=CCC=CCCCC(=O)NCCSSCCNC(=O)CCCC(=O)O. The summed E-state index contributed by atoms with van der Waals surface area (Å²) in [7, 11) is 3.32. The van der Waals surface area contributed by atoms with Gasteiger partial charge in [-0.3, -0.25) is 14.4 Å². The topological polar surface area (TPSA) is 95.5 Å². The normalized spacial score (nSPS) is 12.0. The third kappa shape index (κ3) is 29.9. The molecule has 2 amide bonds. The van der Waals surface area contributed by atoms with Crippen LogP contribution in [0.2, 0.25) is 0 Å². The number of nitrogens with one attached hydrogen (secondary N) is 2. The minimum atomic E-state index is -0.878. The van der Waals surface area contributed by atoms with Gasteiger partial charge in [-0.05, 0) is 51.4 Å². The van der Waals surface area contributed by atoms with Crippen LogP contribution >= 0.6 is 21.6 Å². The van der Waals surface area contributed by atoms with Crippen LogP contribution in [0.5, 0.6) is 0 Å². The average Bonchev–Trinajstić information content (AvgIpc) is 2.87. The molecule has 0 aliphatic rings. The van der Waals surface area contributed by atoms with Crippen molar-refractivity contribution in [2.75, 3.05) is 24.6 Å². The van der Waals surface area contributed by atoms with E-state index >= 15 is 0 Å². The van der Waals surface area contributed by atoms with Crippen LogP contribution in [-0.2, 0) is 14.4 Å². The monoisotopic (exact) mass is 550 g/mol. The maximum absolute atomic E-state index is 11.9. The Kier molecular flexibility index (Phi) is 26.7. The minimum absolute atomic E-state index is 0.0210. The van der Waals surface area contributed by atoms with E-state index in [0.29, 0.717) is 25.9 Å². The van der Waals surface area contributed by atoms with Crippen LogP contribution in [0.4, 0.5) is 0 Å². The number of carbonyl (C=O) groups excluding carboxylic acids is 2. The number of allylic oxidation sites excluding steroid dienone is 10.